The van der Waals surface area contributed by atoms with Crippen molar-refractivity contribution >= 4 is 17.9 Å². The summed E-state index contributed by atoms with van der Waals surface area (Å²) in [4.78, 5) is 18.8. The summed E-state index contributed by atoms with van der Waals surface area (Å²) in [5, 5.41) is 0.506. The molecule has 0 unspecified atom stereocenters. The number of hydrogen-bond acceptors (Lipinski definition) is 4. The molecule has 108 valence electrons. The van der Waals surface area contributed by atoms with E-state index in [0.29, 0.717) is 22.1 Å². The van der Waals surface area contributed by atoms with Gasteiger partial charge >= 0.3 is 0 Å². The lowest BCUT2D eigenvalue weighted by Crippen LogP contribution is -1.88. The second-order valence-corrected chi connectivity index (χ2v) is 5.03. The summed E-state index contributed by atoms with van der Waals surface area (Å²) in [5.74, 6) is 1.13. The zero-order valence-electron chi connectivity index (χ0n) is 11.4. The second kappa shape index (κ2) is 6.37. The van der Waals surface area contributed by atoms with Crippen molar-refractivity contribution in [1.29, 1.82) is 0 Å². The van der Waals surface area contributed by atoms with Gasteiger partial charge in [-0.1, -0.05) is 35.9 Å². The van der Waals surface area contributed by atoms with E-state index in [-0.39, 0.29) is 0 Å². The topological polar surface area (TPSA) is 52.1 Å². The van der Waals surface area contributed by atoms with Crippen molar-refractivity contribution in [3.8, 4) is 22.6 Å². The van der Waals surface area contributed by atoms with Crippen LogP contribution in [-0.2, 0) is 0 Å². The summed E-state index contributed by atoms with van der Waals surface area (Å²) in [5.41, 5.74) is 2.48. The van der Waals surface area contributed by atoms with Gasteiger partial charge in [-0.25, -0.2) is 0 Å². The Bertz CT molecular complexity index is 804. The van der Waals surface area contributed by atoms with Crippen molar-refractivity contribution in [2.75, 3.05) is 0 Å². The molecule has 0 spiro atoms. The van der Waals surface area contributed by atoms with Crippen molar-refractivity contribution in [3.63, 3.8) is 0 Å². The van der Waals surface area contributed by atoms with Gasteiger partial charge < -0.3 is 4.74 Å². The Morgan fingerprint density at radius 2 is 1.55 bits per heavy atom. The predicted molar refractivity (Wildman–Crippen MR) is 84.4 cm³/mol. The number of aldehydes is 1. The summed E-state index contributed by atoms with van der Waals surface area (Å²) in [7, 11) is 0. The maximum absolute atomic E-state index is 10.7. The third-order valence-electron chi connectivity index (χ3n) is 3.01. The Hall–Kier alpha value is -2.72. The average Bonchev–Trinajstić information content (AvgIpc) is 2.55. The van der Waals surface area contributed by atoms with Crippen molar-refractivity contribution in [2.45, 2.75) is 0 Å². The zero-order valence-corrected chi connectivity index (χ0v) is 12.2. The summed E-state index contributed by atoms with van der Waals surface area (Å²) < 4.78 is 5.70. The van der Waals surface area contributed by atoms with E-state index < -0.39 is 0 Å². The van der Waals surface area contributed by atoms with Crippen LogP contribution in [0.15, 0.2) is 61.2 Å². The van der Waals surface area contributed by atoms with Crippen LogP contribution in [0, 0.1) is 0 Å². The van der Waals surface area contributed by atoms with Gasteiger partial charge in [0.2, 0.25) is 0 Å². The summed E-state index contributed by atoms with van der Waals surface area (Å²) in [6, 6.07) is 10.8. The van der Waals surface area contributed by atoms with E-state index >= 15 is 0 Å². The van der Waals surface area contributed by atoms with Crippen molar-refractivity contribution in [2.24, 2.45) is 0 Å². The molecule has 0 aliphatic heterocycles. The van der Waals surface area contributed by atoms with Gasteiger partial charge in [0, 0.05) is 29.6 Å². The van der Waals surface area contributed by atoms with Gasteiger partial charge in [0.1, 0.15) is 17.8 Å². The first-order valence-electron chi connectivity index (χ1n) is 6.54. The number of rotatable bonds is 4. The number of nitrogens with zero attached hydrogens (tertiary/aromatic N) is 2. The van der Waals surface area contributed by atoms with E-state index in [1.165, 1.54) is 6.20 Å². The molecule has 0 amide bonds. The molecule has 22 heavy (non-hydrogen) atoms. The van der Waals surface area contributed by atoms with Gasteiger partial charge in [-0.05, 0) is 11.6 Å². The Labute approximate surface area is 132 Å². The van der Waals surface area contributed by atoms with Crippen LogP contribution in [0.3, 0.4) is 0 Å². The minimum atomic E-state index is 0.506. The molecule has 0 bridgehead atoms. The number of benzene rings is 1. The molecule has 0 radical (unpaired) electrons. The fourth-order valence-corrected chi connectivity index (χ4v) is 2.13. The van der Waals surface area contributed by atoms with Crippen LogP contribution in [0.5, 0.6) is 11.5 Å². The lowest BCUT2D eigenvalue weighted by molar-refractivity contribution is 0.112. The van der Waals surface area contributed by atoms with Gasteiger partial charge in [-0.3, -0.25) is 14.8 Å². The fraction of sp³-hybridized carbons (Fsp3) is 0. The third kappa shape index (κ3) is 3.30. The first-order valence-corrected chi connectivity index (χ1v) is 6.91. The summed E-state index contributed by atoms with van der Waals surface area (Å²) in [6.45, 7) is 0. The standard InChI is InChI=1S/C17H11ClN2O2/c18-15-6-17(10-20-8-15)22-16-5-14(7-19-9-16)13-3-1-12(11-21)2-4-13/h1-11H. The van der Waals surface area contributed by atoms with E-state index in [1.807, 2.05) is 18.2 Å². The highest BCUT2D eigenvalue weighted by Crippen LogP contribution is 2.27. The van der Waals surface area contributed by atoms with Gasteiger partial charge in [0.05, 0.1) is 17.4 Å². The fourth-order valence-electron chi connectivity index (χ4n) is 1.97. The quantitative estimate of drug-likeness (QED) is 0.670. The molecule has 0 aliphatic rings. The predicted octanol–water partition coefficient (Wildman–Crippen LogP) is 4.40. The highest BCUT2D eigenvalue weighted by molar-refractivity contribution is 6.30. The van der Waals surface area contributed by atoms with E-state index in [9.17, 15) is 4.79 Å². The molecule has 5 heteroatoms. The zero-order chi connectivity index (χ0) is 15.4. The van der Waals surface area contributed by atoms with Gasteiger partial charge in [-0.2, -0.15) is 0 Å². The van der Waals surface area contributed by atoms with Gasteiger partial charge in [-0.15, -0.1) is 0 Å². The van der Waals surface area contributed by atoms with Gasteiger partial charge in [0.25, 0.3) is 0 Å². The normalized spacial score (nSPS) is 10.2. The summed E-state index contributed by atoms with van der Waals surface area (Å²) >= 11 is 5.88. The Morgan fingerprint density at radius 3 is 2.23 bits per heavy atom. The first-order chi connectivity index (χ1) is 10.7. The van der Waals surface area contributed by atoms with Crippen LogP contribution >= 0.6 is 11.6 Å². The van der Waals surface area contributed by atoms with Gasteiger partial charge in [0.15, 0.2) is 0 Å². The molecule has 1 aromatic carbocycles. The molecular formula is C17H11ClN2O2. The van der Waals surface area contributed by atoms with E-state index in [2.05, 4.69) is 9.97 Å². The molecule has 0 fully saturated rings. The Morgan fingerprint density at radius 1 is 0.864 bits per heavy atom. The maximum Gasteiger partial charge on any atom is 0.150 e. The highest BCUT2D eigenvalue weighted by atomic mass is 35.5. The second-order valence-electron chi connectivity index (χ2n) is 4.59. The minimum Gasteiger partial charge on any atom is -0.454 e. The molecular weight excluding hydrogens is 300 g/mol. The first kappa shape index (κ1) is 14.2. The smallest absolute Gasteiger partial charge is 0.150 e. The molecule has 0 saturated heterocycles. The summed E-state index contributed by atoms with van der Waals surface area (Å²) in [6.07, 6.45) is 7.28. The third-order valence-corrected chi connectivity index (χ3v) is 3.22. The molecule has 0 atom stereocenters. The van der Waals surface area contributed by atoms with E-state index in [4.69, 9.17) is 16.3 Å². The average molecular weight is 311 g/mol. The van der Waals surface area contributed by atoms with Crippen LogP contribution in [0.4, 0.5) is 0 Å². The van der Waals surface area contributed by atoms with Crippen LogP contribution in [0.2, 0.25) is 5.02 Å². The van der Waals surface area contributed by atoms with Crippen LogP contribution in [-0.4, -0.2) is 16.3 Å². The lowest BCUT2D eigenvalue weighted by atomic mass is 10.1. The number of halogens is 1. The highest BCUT2D eigenvalue weighted by Gasteiger charge is 2.03. The van der Waals surface area contributed by atoms with Crippen molar-refractivity contribution in [3.05, 3.63) is 71.8 Å². The number of hydrogen-bond donors (Lipinski definition) is 0. The Kier molecular flexibility index (Phi) is 4.12. The van der Waals surface area contributed by atoms with E-state index in [1.54, 1.807) is 36.8 Å². The molecule has 2 aromatic heterocycles. The number of aromatic nitrogens is 2. The molecule has 0 N–H and O–H groups in total. The number of carbonyl (C=O) groups is 1. The molecule has 3 aromatic rings. The molecule has 0 aliphatic carbocycles. The van der Waals surface area contributed by atoms with Crippen LogP contribution in [0.1, 0.15) is 10.4 Å². The molecule has 2 heterocycles. The SMILES string of the molecule is O=Cc1ccc(-c2cncc(Oc3cncc(Cl)c3)c2)cc1. The van der Waals surface area contributed by atoms with Crippen LogP contribution < -0.4 is 4.74 Å². The number of pyridine rings is 2. The number of ether oxygens (including phenoxy) is 1. The molecule has 0 saturated carbocycles. The number of carbonyl (C=O) groups excluding carboxylic acids is 1. The van der Waals surface area contributed by atoms with Crippen molar-refractivity contribution < 1.29 is 9.53 Å². The largest absolute Gasteiger partial charge is 0.454 e. The minimum absolute atomic E-state index is 0.506. The molecule has 3 rings (SSSR count). The lowest BCUT2D eigenvalue weighted by Gasteiger charge is -2.07. The maximum atomic E-state index is 10.7. The van der Waals surface area contributed by atoms with Crippen molar-refractivity contribution in [1.82, 2.24) is 9.97 Å². The van der Waals surface area contributed by atoms with Crippen LogP contribution in [0.25, 0.3) is 11.1 Å². The van der Waals surface area contributed by atoms with E-state index in [0.717, 1.165) is 17.4 Å². The molecule has 4 nitrogen and oxygen atoms in total. The monoisotopic (exact) mass is 310 g/mol. The Balaban J connectivity index is 1.87.